The van der Waals surface area contributed by atoms with Crippen molar-refractivity contribution in [3.63, 3.8) is 0 Å². The third-order valence-corrected chi connectivity index (χ3v) is 6.38. The Balaban J connectivity index is 1.93. The minimum Gasteiger partial charge on any atom is -0.497 e. The van der Waals surface area contributed by atoms with Gasteiger partial charge in [-0.05, 0) is 67.4 Å². The number of ether oxygens (including phenoxy) is 1. The van der Waals surface area contributed by atoms with Crippen LogP contribution >= 0.6 is 0 Å². The molecule has 0 fully saturated rings. The van der Waals surface area contributed by atoms with Gasteiger partial charge in [0.1, 0.15) is 11.6 Å². The summed E-state index contributed by atoms with van der Waals surface area (Å²) < 4.78 is 46.1. The van der Waals surface area contributed by atoms with Gasteiger partial charge in [-0.3, -0.25) is 4.79 Å². The molecule has 1 unspecified atom stereocenters. The van der Waals surface area contributed by atoms with Crippen LogP contribution in [0.1, 0.15) is 41.4 Å². The van der Waals surface area contributed by atoms with E-state index >= 15 is 0 Å². The number of nitrogens with one attached hydrogen (secondary N) is 2. The van der Waals surface area contributed by atoms with E-state index in [1.54, 1.807) is 63.4 Å². The summed E-state index contributed by atoms with van der Waals surface area (Å²) in [5.74, 6) is -0.186. The molecule has 0 heterocycles. The summed E-state index contributed by atoms with van der Waals surface area (Å²) in [6, 6.07) is 17.9. The predicted octanol–water partition coefficient (Wildman–Crippen LogP) is 4.04. The van der Waals surface area contributed by atoms with Gasteiger partial charge < -0.3 is 10.1 Å². The van der Waals surface area contributed by atoms with Crippen molar-refractivity contribution in [1.29, 1.82) is 0 Å². The number of carbonyl (C=O) groups is 1. The second-order valence-corrected chi connectivity index (χ2v) is 9.25. The van der Waals surface area contributed by atoms with Crippen LogP contribution < -0.4 is 14.8 Å². The molecule has 3 aromatic carbocycles. The number of carbonyl (C=O) groups excluding carboxylic acids is 1. The van der Waals surface area contributed by atoms with Gasteiger partial charge >= 0.3 is 0 Å². The number of hydrogen-bond donors (Lipinski definition) is 2. The molecular formula is C24H25FN2O4S. The lowest BCUT2D eigenvalue weighted by Crippen LogP contribution is -2.31. The molecule has 2 N–H and O–H groups in total. The van der Waals surface area contributed by atoms with Crippen molar-refractivity contribution in [3.05, 3.63) is 95.3 Å². The van der Waals surface area contributed by atoms with E-state index in [1.807, 2.05) is 0 Å². The van der Waals surface area contributed by atoms with Gasteiger partial charge in [0.05, 0.1) is 18.0 Å². The van der Waals surface area contributed by atoms with Crippen LogP contribution in [0.2, 0.25) is 0 Å². The zero-order valence-corrected chi connectivity index (χ0v) is 18.8. The van der Waals surface area contributed by atoms with E-state index in [9.17, 15) is 17.6 Å². The summed E-state index contributed by atoms with van der Waals surface area (Å²) in [7, 11) is -2.19. The zero-order valence-electron chi connectivity index (χ0n) is 18.0. The molecule has 0 saturated carbocycles. The fraction of sp³-hybridized carbons (Fsp3) is 0.208. The molecule has 1 atom stereocenters. The first-order valence-corrected chi connectivity index (χ1v) is 11.5. The summed E-state index contributed by atoms with van der Waals surface area (Å²) in [4.78, 5) is 13.1. The minimum absolute atomic E-state index is 0.00151. The quantitative estimate of drug-likeness (QED) is 0.536. The molecule has 0 aromatic heterocycles. The number of halogens is 1. The van der Waals surface area contributed by atoms with E-state index in [1.165, 1.54) is 30.3 Å². The van der Waals surface area contributed by atoms with Crippen molar-refractivity contribution < 1.29 is 22.3 Å². The van der Waals surface area contributed by atoms with Gasteiger partial charge in [-0.25, -0.2) is 17.5 Å². The van der Waals surface area contributed by atoms with Crippen molar-refractivity contribution in [3.8, 4) is 5.75 Å². The fourth-order valence-electron chi connectivity index (χ4n) is 3.21. The van der Waals surface area contributed by atoms with Gasteiger partial charge in [-0.1, -0.05) is 30.3 Å². The van der Waals surface area contributed by atoms with Crippen molar-refractivity contribution in [1.82, 2.24) is 10.0 Å². The highest BCUT2D eigenvalue weighted by atomic mass is 32.2. The molecule has 0 saturated heterocycles. The maximum atomic E-state index is 13.5. The number of amides is 1. The smallest absolute Gasteiger partial charge is 0.252 e. The Morgan fingerprint density at radius 2 is 1.53 bits per heavy atom. The van der Waals surface area contributed by atoms with Crippen LogP contribution in [-0.2, 0) is 10.0 Å². The first-order valence-electron chi connectivity index (χ1n) is 10.0. The number of rotatable bonds is 8. The van der Waals surface area contributed by atoms with Crippen LogP contribution in [0, 0.1) is 5.82 Å². The summed E-state index contributed by atoms with van der Waals surface area (Å²) in [6.07, 6.45) is 0. The molecule has 0 radical (unpaired) electrons. The Bertz CT molecular complexity index is 1180. The number of methoxy groups -OCH3 is 1. The monoisotopic (exact) mass is 456 g/mol. The summed E-state index contributed by atoms with van der Waals surface area (Å²) in [5.41, 5.74) is 1.63. The number of sulfonamides is 1. The average molecular weight is 457 g/mol. The third kappa shape index (κ3) is 5.72. The molecule has 1 amide bonds. The lowest BCUT2D eigenvalue weighted by atomic mass is 9.98. The molecule has 3 rings (SSSR count). The maximum absolute atomic E-state index is 13.5. The Labute approximate surface area is 187 Å². The second-order valence-electron chi connectivity index (χ2n) is 7.54. The van der Waals surface area contributed by atoms with Gasteiger partial charge in [-0.2, -0.15) is 0 Å². The molecule has 0 aliphatic heterocycles. The van der Waals surface area contributed by atoms with E-state index in [0.717, 1.165) is 5.56 Å². The first kappa shape index (κ1) is 23.4. The van der Waals surface area contributed by atoms with Crippen LogP contribution in [0.25, 0.3) is 0 Å². The standard InChI is InChI=1S/C24H25FN2O4S/c1-16(2)27-32(29,30)22-6-4-5-19(15-22)24(28)26-23(17-7-11-20(25)12-8-17)18-9-13-21(31-3)14-10-18/h4-16,23,27H,1-3H3,(H,26,28). The SMILES string of the molecule is COc1ccc(C(NC(=O)c2cccc(S(=O)(=O)NC(C)C)c2)c2ccc(F)cc2)cc1. The molecule has 6 nitrogen and oxygen atoms in total. The van der Waals surface area contributed by atoms with E-state index in [2.05, 4.69) is 10.0 Å². The minimum atomic E-state index is -3.75. The van der Waals surface area contributed by atoms with Crippen molar-refractivity contribution in [2.75, 3.05) is 7.11 Å². The molecule has 8 heteroatoms. The van der Waals surface area contributed by atoms with E-state index in [0.29, 0.717) is 11.3 Å². The molecular weight excluding hydrogens is 431 g/mol. The summed E-state index contributed by atoms with van der Waals surface area (Å²) in [6.45, 7) is 3.44. The molecule has 168 valence electrons. The van der Waals surface area contributed by atoms with Crippen molar-refractivity contribution >= 4 is 15.9 Å². The fourth-order valence-corrected chi connectivity index (χ4v) is 4.50. The van der Waals surface area contributed by atoms with Crippen LogP contribution in [0.3, 0.4) is 0 Å². The van der Waals surface area contributed by atoms with Crippen LogP contribution in [0.15, 0.2) is 77.7 Å². The largest absolute Gasteiger partial charge is 0.497 e. The second kappa shape index (κ2) is 9.93. The predicted molar refractivity (Wildman–Crippen MR) is 121 cm³/mol. The maximum Gasteiger partial charge on any atom is 0.252 e. The average Bonchev–Trinajstić information content (AvgIpc) is 2.77. The van der Waals surface area contributed by atoms with Crippen LogP contribution in [-0.4, -0.2) is 27.5 Å². The van der Waals surface area contributed by atoms with Crippen molar-refractivity contribution in [2.45, 2.75) is 30.8 Å². The Morgan fingerprint density at radius 3 is 2.09 bits per heavy atom. The molecule has 0 aliphatic rings. The third-order valence-electron chi connectivity index (χ3n) is 4.73. The zero-order chi connectivity index (χ0) is 23.3. The first-order chi connectivity index (χ1) is 15.2. The number of benzene rings is 3. The topological polar surface area (TPSA) is 84.5 Å². The normalized spacial score (nSPS) is 12.4. The highest BCUT2D eigenvalue weighted by Gasteiger charge is 2.21. The molecule has 32 heavy (non-hydrogen) atoms. The Kier molecular flexibility index (Phi) is 7.27. The molecule has 3 aromatic rings. The van der Waals surface area contributed by atoms with Crippen LogP contribution in [0.4, 0.5) is 4.39 Å². The number of hydrogen-bond acceptors (Lipinski definition) is 4. The highest BCUT2D eigenvalue weighted by molar-refractivity contribution is 7.89. The van der Waals surface area contributed by atoms with Gasteiger partial charge in [0.2, 0.25) is 10.0 Å². The summed E-state index contributed by atoms with van der Waals surface area (Å²) >= 11 is 0. The lowest BCUT2D eigenvalue weighted by molar-refractivity contribution is 0.0942. The van der Waals surface area contributed by atoms with E-state index < -0.39 is 22.0 Å². The highest BCUT2D eigenvalue weighted by Crippen LogP contribution is 2.25. The van der Waals surface area contributed by atoms with Gasteiger partial charge in [0.15, 0.2) is 0 Å². The van der Waals surface area contributed by atoms with E-state index in [-0.39, 0.29) is 22.3 Å². The Morgan fingerprint density at radius 1 is 0.938 bits per heavy atom. The van der Waals surface area contributed by atoms with Crippen LogP contribution in [0.5, 0.6) is 5.75 Å². The van der Waals surface area contributed by atoms with Crippen molar-refractivity contribution in [2.24, 2.45) is 0 Å². The van der Waals surface area contributed by atoms with Gasteiger partial charge in [0.25, 0.3) is 5.91 Å². The summed E-state index contributed by atoms with van der Waals surface area (Å²) in [5, 5.41) is 2.92. The Hall–Kier alpha value is -3.23. The molecule has 0 spiro atoms. The van der Waals surface area contributed by atoms with Gasteiger partial charge in [0, 0.05) is 11.6 Å². The van der Waals surface area contributed by atoms with E-state index in [4.69, 9.17) is 4.74 Å². The van der Waals surface area contributed by atoms with Gasteiger partial charge in [-0.15, -0.1) is 0 Å². The molecule has 0 bridgehead atoms. The lowest BCUT2D eigenvalue weighted by Gasteiger charge is -2.20. The molecule has 0 aliphatic carbocycles.